The summed E-state index contributed by atoms with van der Waals surface area (Å²) in [6, 6.07) is 0. The number of hydrogen-bond acceptors (Lipinski definition) is 10. The molecule has 0 aliphatic carbocycles. The van der Waals surface area contributed by atoms with Gasteiger partial charge in [0.15, 0.2) is 12.5 Å². The Morgan fingerprint density at radius 2 is 1.30 bits per heavy atom. The van der Waals surface area contributed by atoms with Crippen LogP contribution in [0.25, 0.3) is 0 Å². The zero-order chi connectivity index (χ0) is 29.1. The van der Waals surface area contributed by atoms with E-state index in [-0.39, 0.29) is 36.0 Å². The van der Waals surface area contributed by atoms with Gasteiger partial charge in [0.25, 0.3) is 0 Å². The van der Waals surface area contributed by atoms with Crippen molar-refractivity contribution < 1.29 is 81.2 Å². The standard InChI is InChI=1S/C27H51FO10S.Na/c1-2-3-4-5-6-7-8-9-10-11-12-13-14-15-16-17-23(29)36-18-21(28)19-37-27-26(32)25(31)24(30)22(38-27)20-39(33,34)35;/h21-22,24-27,30-32H,2-20H2,1H3,(H,33,34,35);/q;+1/p-1/t21?,22?,24-,25-,26?,27+;/m0./s1/i28-1;. The van der Waals surface area contributed by atoms with Crippen LogP contribution < -0.4 is 29.6 Å². The van der Waals surface area contributed by atoms with Crippen LogP contribution in [0, 0.1) is 0 Å². The molecule has 0 radical (unpaired) electrons. The van der Waals surface area contributed by atoms with Crippen LogP contribution in [0.2, 0.25) is 0 Å². The average Bonchev–Trinajstić information content (AvgIpc) is 2.88. The van der Waals surface area contributed by atoms with E-state index in [1.54, 1.807) is 0 Å². The van der Waals surface area contributed by atoms with E-state index in [0.717, 1.165) is 19.3 Å². The number of halogens is 1. The van der Waals surface area contributed by atoms with Crippen LogP contribution in [0.4, 0.5) is 4.39 Å². The molecule has 1 heterocycles. The van der Waals surface area contributed by atoms with Crippen LogP contribution in [0.5, 0.6) is 0 Å². The van der Waals surface area contributed by atoms with Gasteiger partial charge in [0.1, 0.15) is 31.0 Å². The van der Waals surface area contributed by atoms with Crippen molar-refractivity contribution in [3.8, 4) is 0 Å². The molecule has 13 heteroatoms. The van der Waals surface area contributed by atoms with Crippen LogP contribution in [0.1, 0.15) is 110 Å². The van der Waals surface area contributed by atoms with E-state index in [9.17, 15) is 37.5 Å². The maximum atomic E-state index is 14.1. The maximum absolute atomic E-state index is 14.1. The Morgan fingerprint density at radius 3 is 1.77 bits per heavy atom. The van der Waals surface area contributed by atoms with Crippen LogP contribution in [-0.4, -0.2) is 90.1 Å². The van der Waals surface area contributed by atoms with Crippen molar-refractivity contribution in [2.75, 3.05) is 19.0 Å². The zero-order valence-corrected chi connectivity index (χ0v) is 27.2. The van der Waals surface area contributed by atoms with Crippen molar-refractivity contribution in [3.63, 3.8) is 0 Å². The molecule has 1 rings (SSSR count). The molecule has 0 bridgehead atoms. The number of esters is 1. The second kappa shape index (κ2) is 23.6. The third-order valence-corrected chi connectivity index (χ3v) is 7.62. The van der Waals surface area contributed by atoms with Gasteiger partial charge < -0.3 is 34.1 Å². The Bertz CT molecular complexity index is 745. The van der Waals surface area contributed by atoms with E-state index in [4.69, 9.17) is 14.2 Å². The number of rotatable bonds is 23. The van der Waals surface area contributed by atoms with Crippen molar-refractivity contribution in [1.82, 2.24) is 0 Å². The van der Waals surface area contributed by atoms with Crippen LogP contribution in [0.3, 0.4) is 0 Å². The molecule has 3 N–H and O–H groups in total. The van der Waals surface area contributed by atoms with Crippen molar-refractivity contribution >= 4 is 16.1 Å². The third kappa shape index (κ3) is 19.3. The van der Waals surface area contributed by atoms with Gasteiger partial charge in [0.2, 0.25) is 0 Å². The number of unbranched alkanes of at least 4 members (excludes halogenated alkanes) is 14. The Hall–Kier alpha value is 0.110. The Kier molecular flexibility index (Phi) is 23.6. The van der Waals surface area contributed by atoms with Gasteiger partial charge in [-0.3, -0.25) is 4.79 Å². The van der Waals surface area contributed by atoms with E-state index in [1.165, 1.54) is 70.6 Å². The van der Waals surface area contributed by atoms with Gasteiger partial charge in [-0.1, -0.05) is 96.8 Å². The average molecular weight is 608 g/mol. The van der Waals surface area contributed by atoms with E-state index in [0.29, 0.717) is 6.42 Å². The number of aliphatic hydroxyl groups excluding tert-OH is 3. The molecule has 0 saturated carbocycles. The first-order valence-corrected chi connectivity index (χ1v) is 16.2. The van der Waals surface area contributed by atoms with Gasteiger partial charge in [-0.2, -0.15) is 0 Å². The number of carbonyl (C=O) groups is 1. The fourth-order valence-corrected chi connectivity index (χ4v) is 5.21. The minimum Gasteiger partial charge on any atom is -0.748 e. The number of alkyl halides is 1. The summed E-state index contributed by atoms with van der Waals surface area (Å²) >= 11 is 0. The zero-order valence-electron chi connectivity index (χ0n) is 24.4. The molecule has 0 amide bonds. The van der Waals surface area contributed by atoms with Gasteiger partial charge in [-0.05, 0) is 6.42 Å². The molecule has 40 heavy (non-hydrogen) atoms. The van der Waals surface area contributed by atoms with Gasteiger partial charge in [0.05, 0.1) is 22.5 Å². The normalized spacial score (nSPS) is 23.9. The molecule has 1 aliphatic rings. The largest absolute Gasteiger partial charge is 1.00 e. The summed E-state index contributed by atoms with van der Waals surface area (Å²) in [4.78, 5) is 11.9. The molecule has 3 unspecified atom stereocenters. The van der Waals surface area contributed by atoms with Gasteiger partial charge in [-0.25, -0.2) is 12.8 Å². The molecule has 1 aliphatic heterocycles. The first kappa shape index (κ1) is 40.1. The molecule has 6 atom stereocenters. The molecule has 0 aromatic carbocycles. The molecule has 0 aromatic rings. The maximum Gasteiger partial charge on any atom is 1.00 e. The van der Waals surface area contributed by atoms with E-state index in [2.05, 4.69) is 6.92 Å². The smallest absolute Gasteiger partial charge is 0.748 e. The number of carbonyl (C=O) groups excluding carboxylic acids is 1. The van der Waals surface area contributed by atoms with Crippen LogP contribution in [0.15, 0.2) is 0 Å². The Morgan fingerprint density at radius 1 is 0.825 bits per heavy atom. The third-order valence-electron chi connectivity index (χ3n) is 6.89. The molecule has 1 saturated heterocycles. The fourth-order valence-electron chi connectivity index (χ4n) is 4.54. The summed E-state index contributed by atoms with van der Waals surface area (Å²) in [7, 11) is -4.81. The summed E-state index contributed by atoms with van der Waals surface area (Å²) in [6.45, 7) is 0.970. The minimum absolute atomic E-state index is 0. The summed E-state index contributed by atoms with van der Waals surface area (Å²) in [5, 5.41) is 29.5. The fraction of sp³-hybridized carbons (Fsp3) is 0.963. The van der Waals surface area contributed by atoms with Gasteiger partial charge in [-0.15, -0.1) is 0 Å². The van der Waals surface area contributed by atoms with Crippen LogP contribution in [-0.2, 0) is 29.1 Å². The van der Waals surface area contributed by atoms with Crippen LogP contribution >= 0.6 is 0 Å². The van der Waals surface area contributed by atoms with Crippen molar-refractivity contribution in [3.05, 3.63) is 0 Å². The molecule has 232 valence electrons. The minimum atomic E-state index is -4.81. The number of ether oxygens (including phenoxy) is 3. The second-order valence-electron chi connectivity index (χ2n) is 10.6. The molecular formula is C27H50FNaO10S. The topological polar surface area (TPSA) is 163 Å². The predicted molar refractivity (Wildman–Crippen MR) is 143 cm³/mol. The van der Waals surface area contributed by atoms with Crippen molar-refractivity contribution in [2.45, 2.75) is 147 Å². The molecule has 10 nitrogen and oxygen atoms in total. The molecule has 1 fully saturated rings. The number of hydrogen-bond donors (Lipinski definition) is 3. The summed E-state index contributed by atoms with van der Waals surface area (Å²) in [5.41, 5.74) is 0. The van der Waals surface area contributed by atoms with E-state index in [1.807, 2.05) is 0 Å². The van der Waals surface area contributed by atoms with Crippen molar-refractivity contribution in [2.24, 2.45) is 0 Å². The summed E-state index contributed by atoms with van der Waals surface area (Å²) < 4.78 is 61.9. The predicted octanol–water partition coefficient (Wildman–Crippen LogP) is 0.503. The summed E-state index contributed by atoms with van der Waals surface area (Å²) in [5.74, 6) is -1.69. The Balaban J connectivity index is 0.0000152. The second-order valence-corrected chi connectivity index (χ2v) is 12.0. The molecule has 0 spiro atoms. The SMILES string of the molecule is CCCCCCCCCCCCCCCCCC(=O)OCC([18F])CO[C@@H]1OC(CS(=O)(=O)[O-])[C@H](O)[C@H](O)C1O.[Na+]. The quantitative estimate of drug-likeness (QED) is 0.0645. The first-order chi connectivity index (χ1) is 18.5. The van der Waals surface area contributed by atoms with Gasteiger partial charge in [0, 0.05) is 6.42 Å². The number of aliphatic hydroxyl groups is 3. The van der Waals surface area contributed by atoms with E-state index >= 15 is 0 Å². The molecular weight excluding hydrogens is 557 g/mol. The van der Waals surface area contributed by atoms with Crippen molar-refractivity contribution in [1.29, 1.82) is 0 Å². The monoisotopic (exact) mass is 607 g/mol. The van der Waals surface area contributed by atoms with E-state index < -0.39 is 71.9 Å². The first-order valence-electron chi connectivity index (χ1n) is 14.6. The molecule has 0 aromatic heterocycles. The van der Waals surface area contributed by atoms with Gasteiger partial charge >= 0.3 is 35.5 Å². The summed E-state index contributed by atoms with van der Waals surface area (Å²) in [6.07, 6.45) is 7.80. The Labute approximate surface area is 261 Å².